The SMILES string of the molecule is CC(C)(C)c1ccc(N=Cc2ccco2)cc1. The lowest BCUT2D eigenvalue weighted by molar-refractivity contribution is 0.560. The molecule has 2 rings (SSSR count). The van der Waals surface area contributed by atoms with Gasteiger partial charge in [0.2, 0.25) is 0 Å². The molecule has 0 N–H and O–H groups in total. The van der Waals surface area contributed by atoms with E-state index in [1.54, 1.807) is 12.5 Å². The van der Waals surface area contributed by atoms with Gasteiger partial charge >= 0.3 is 0 Å². The number of furan rings is 1. The van der Waals surface area contributed by atoms with E-state index >= 15 is 0 Å². The van der Waals surface area contributed by atoms with Crippen LogP contribution in [0, 0.1) is 0 Å². The first-order chi connectivity index (χ1) is 8.05. The van der Waals surface area contributed by atoms with Gasteiger partial charge in [-0.15, -0.1) is 0 Å². The quantitative estimate of drug-likeness (QED) is 0.701. The third-order valence-corrected chi connectivity index (χ3v) is 2.62. The predicted molar refractivity (Wildman–Crippen MR) is 71.1 cm³/mol. The molecule has 0 radical (unpaired) electrons. The lowest BCUT2D eigenvalue weighted by atomic mass is 9.87. The van der Waals surface area contributed by atoms with E-state index < -0.39 is 0 Å². The summed E-state index contributed by atoms with van der Waals surface area (Å²) in [6, 6.07) is 12.0. The molecule has 0 aliphatic carbocycles. The molecule has 17 heavy (non-hydrogen) atoms. The number of rotatable bonds is 2. The highest BCUT2D eigenvalue weighted by atomic mass is 16.3. The number of benzene rings is 1. The van der Waals surface area contributed by atoms with Crippen LogP contribution in [-0.2, 0) is 5.41 Å². The molecule has 2 heteroatoms. The van der Waals surface area contributed by atoms with Crippen LogP contribution in [0.4, 0.5) is 5.69 Å². The van der Waals surface area contributed by atoms with Gasteiger partial charge in [0.25, 0.3) is 0 Å². The van der Waals surface area contributed by atoms with E-state index in [9.17, 15) is 0 Å². The zero-order chi connectivity index (χ0) is 12.3. The third kappa shape index (κ3) is 3.06. The molecule has 2 nitrogen and oxygen atoms in total. The molecular weight excluding hydrogens is 210 g/mol. The summed E-state index contributed by atoms with van der Waals surface area (Å²) in [7, 11) is 0. The second-order valence-corrected chi connectivity index (χ2v) is 5.07. The molecule has 0 aliphatic heterocycles. The minimum atomic E-state index is 0.184. The first kappa shape index (κ1) is 11.6. The lowest BCUT2D eigenvalue weighted by Crippen LogP contribution is -2.10. The Bertz CT molecular complexity index is 487. The Morgan fingerprint density at radius 1 is 1.06 bits per heavy atom. The second-order valence-electron chi connectivity index (χ2n) is 5.07. The van der Waals surface area contributed by atoms with Crippen LogP contribution in [0.25, 0.3) is 0 Å². The highest BCUT2D eigenvalue weighted by Gasteiger charge is 2.12. The molecule has 1 aromatic heterocycles. The van der Waals surface area contributed by atoms with Crippen LogP contribution in [0.2, 0.25) is 0 Å². The highest BCUT2D eigenvalue weighted by Crippen LogP contribution is 2.24. The van der Waals surface area contributed by atoms with Crippen molar-refractivity contribution >= 4 is 11.9 Å². The number of hydrogen-bond donors (Lipinski definition) is 0. The van der Waals surface area contributed by atoms with Crippen LogP contribution in [0.3, 0.4) is 0 Å². The molecule has 0 unspecified atom stereocenters. The summed E-state index contributed by atoms with van der Waals surface area (Å²) in [5, 5.41) is 0. The van der Waals surface area contributed by atoms with Gasteiger partial charge in [0.15, 0.2) is 0 Å². The highest BCUT2D eigenvalue weighted by molar-refractivity contribution is 5.78. The van der Waals surface area contributed by atoms with E-state index in [0.29, 0.717) is 0 Å². The van der Waals surface area contributed by atoms with Gasteiger partial charge in [0.1, 0.15) is 5.76 Å². The van der Waals surface area contributed by atoms with Crippen LogP contribution in [0.1, 0.15) is 32.1 Å². The normalized spacial score (nSPS) is 12.2. The van der Waals surface area contributed by atoms with Gasteiger partial charge in [-0.05, 0) is 35.2 Å². The van der Waals surface area contributed by atoms with Crippen molar-refractivity contribution in [3.05, 3.63) is 54.0 Å². The average Bonchev–Trinajstić information content (AvgIpc) is 2.78. The zero-order valence-electron chi connectivity index (χ0n) is 10.5. The Morgan fingerprint density at radius 2 is 1.76 bits per heavy atom. The van der Waals surface area contributed by atoms with E-state index in [0.717, 1.165) is 11.4 Å². The van der Waals surface area contributed by atoms with Crippen molar-refractivity contribution in [2.24, 2.45) is 4.99 Å². The summed E-state index contributed by atoms with van der Waals surface area (Å²) in [5.74, 6) is 0.768. The Hall–Kier alpha value is -1.83. The maximum Gasteiger partial charge on any atom is 0.144 e. The van der Waals surface area contributed by atoms with Gasteiger partial charge in [-0.1, -0.05) is 32.9 Å². The molecule has 0 bridgehead atoms. The van der Waals surface area contributed by atoms with Crippen molar-refractivity contribution in [1.29, 1.82) is 0 Å². The minimum Gasteiger partial charge on any atom is -0.463 e. The fourth-order valence-electron chi connectivity index (χ4n) is 1.55. The van der Waals surface area contributed by atoms with Crippen LogP contribution in [0.5, 0.6) is 0 Å². The molecular formula is C15H17NO. The predicted octanol–water partition coefficient (Wildman–Crippen LogP) is 4.33. The second kappa shape index (κ2) is 4.58. The molecule has 1 aromatic carbocycles. The Kier molecular flexibility index (Phi) is 3.14. The van der Waals surface area contributed by atoms with Gasteiger partial charge < -0.3 is 4.42 Å². The van der Waals surface area contributed by atoms with Gasteiger partial charge in [0, 0.05) is 0 Å². The first-order valence-electron chi connectivity index (χ1n) is 5.74. The van der Waals surface area contributed by atoms with E-state index in [4.69, 9.17) is 4.42 Å². The van der Waals surface area contributed by atoms with Gasteiger partial charge in [-0.3, -0.25) is 4.99 Å². The summed E-state index contributed by atoms with van der Waals surface area (Å²) in [4.78, 5) is 4.35. The smallest absolute Gasteiger partial charge is 0.144 e. The van der Waals surface area contributed by atoms with E-state index in [2.05, 4.69) is 37.9 Å². The summed E-state index contributed by atoms with van der Waals surface area (Å²) < 4.78 is 5.18. The van der Waals surface area contributed by atoms with Crippen molar-refractivity contribution in [3.8, 4) is 0 Å². The molecule has 88 valence electrons. The average molecular weight is 227 g/mol. The van der Waals surface area contributed by atoms with Crippen LogP contribution in [0.15, 0.2) is 52.1 Å². The molecule has 0 saturated carbocycles. The topological polar surface area (TPSA) is 25.5 Å². The fraction of sp³-hybridized carbons (Fsp3) is 0.267. The molecule has 0 amide bonds. The van der Waals surface area contributed by atoms with E-state index in [1.165, 1.54) is 5.56 Å². The summed E-state index contributed by atoms with van der Waals surface area (Å²) in [6.07, 6.45) is 3.37. The number of aliphatic imine (C=N–C) groups is 1. The maximum absolute atomic E-state index is 5.18. The molecule has 1 heterocycles. The molecule has 0 saturated heterocycles. The first-order valence-corrected chi connectivity index (χ1v) is 5.74. The monoisotopic (exact) mass is 227 g/mol. The Morgan fingerprint density at radius 3 is 2.29 bits per heavy atom. The van der Waals surface area contributed by atoms with Crippen molar-refractivity contribution in [3.63, 3.8) is 0 Å². The van der Waals surface area contributed by atoms with Crippen molar-refractivity contribution < 1.29 is 4.42 Å². The standard InChI is InChI=1S/C15H17NO/c1-15(2,3)12-6-8-13(9-7-12)16-11-14-5-4-10-17-14/h4-11H,1-3H3. The van der Waals surface area contributed by atoms with Gasteiger partial charge in [-0.2, -0.15) is 0 Å². The third-order valence-electron chi connectivity index (χ3n) is 2.62. The lowest BCUT2D eigenvalue weighted by Gasteiger charge is -2.18. The van der Waals surface area contributed by atoms with Gasteiger partial charge in [0.05, 0.1) is 18.2 Å². The molecule has 0 spiro atoms. The van der Waals surface area contributed by atoms with E-state index in [1.807, 2.05) is 24.3 Å². The zero-order valence-corrected chi connectivity index (χ0v) is 10.5. The molecule has 0 atom stereocenters. The number of hydrogen-bond acceptors (Lipinski definition) is 2. The molecule has 0 aliphatic rings. The Labute approximate surface area is 102 Å². The van der Waals surface area contributed by atoms with Crippen LogP contribution in [-0.4, -0.2) is 6.21 Å². The molecule has 2 aromatic rings. The number of nitrogens with zero attached hydrogens (tertiary/aromatic N) is 1. The largest absolute Gasteiger partial charge is 0.463 e. The minimum absolute atomic E-state index is 0.184. The summed E-state index contributed by atoms with van der Waals surface area (Å²) >= 11 is 0. The Balaban J connectivity index is 2.14. The summed E-state index contributed by atoms with van der Waals surface area (Å²) in [5.41, 5.74) is 2.44. The van der Waals surface area contributed by atoms with E-state index in [-0.39, 0.29) is 5.41 Å². The van der Waals surface area contributed by atoms with Crippen molar-refractivity contribution in [1.82, 2.24) is 0 Å². The summed E-state index contributed by atoms with van der Waals surface area (Å²) in [6.45, 7) is 6.61. The van der Waals surface area contributed by atoms with Crippen LogP contribution < -0.4 is 0 Å². The van der Waals surface area contributed by atoms with Crippen LogP contribution >= 0.6 is 0 Å². The fourth-order valence-corrected chi connectivity index (χ4v) is 1.55. The van der Waals surface area contributed by atoms with Crippen molar-refractivity contribution in [2.75, 3.05) is 0 Å². The molecule has 0 fully saturated rings. The maximum atomic E-state index is 5.18. The van der Waals surface area contributed by atoms with Crippen molar-refractivity contribution in [2.45, 2.75) is 26.2 Å². The van der Waals surface area contributed by atoms with Gasteiger partial charge in [-0.25, -0.2) is 0 Å².